The predicted octanol–water partition coefficient (Wildman–Crippen LogP) is 1.95. The standard InChI is InChI=1S/C8H15NO.C7H13NO/c1-6(2)7-4-3-5-9-8(7)10;1-5(2)6-3-4-8-7(6)9/h6-7H,3-5H2,1-2H3,(H,9,10);5-6H,3-4H2,1-2H3,(H,8,9). The molecule has 4 nitrogen and oxygen atoms in total. The van der Waals surface area contributed by atoms with Crippen molar-refractivity contribution in [1.29, 1.82) is 0 Å². The van der Waals surface area contributed by atoms with Crippen molar-refractivity contribution in [2.24, 2.45) is 23.7 Å². The van der Waals surface area contributed by atoms with Crippen molar-refractivity contribution in [1.82, 2.24) is 10.6 Å². The second-order valence-electron chi connectivity index (χ2n) is 6.21. The van der Waals surface area contributed by atoms with Gasteiger partial charge in [-0.15, -0.1) is 0 Å². The van der Waals surface area contributed by atoms with Crippen molar-refractivity contribution in [3.63, 3.8) is 0 Å². The number of hydrogen-bond acceptors (Lipinski definition) is 2. The molecule has 2 fully saturated rings. The highest BCUT2D eigenvalue weighted by molar-refractivity contribution is 5.80. The molecule has 0 aromatic rings. The molecule has 19 heavy (non-hydrogen) atoms. The third-order valence-corrected chi connectivity index (χ3v) is 4.03. The van der Waals surface area contributed by atoms with E-state index in [1.165, 1.54) is 0 Å². The van der Waals surface area contributed by atoms with Crippen molar-refractivity contribution in [3.05, 3.63) is 0 Å². The Kier molecular flexibility index (Phi) is 6.32. The number of carbonyl (C=O) groups is 2. The van der Waals surface area contributed by atoms with Crippen LogP contribution in [0.1, 0.15) is 47.0 Å². The molecule has 2 rings (SSSR count). The van der Waals surface area contributed by atoms with Crippen molar-refractivity contribution < 1.29 is 9.59 Å². The van der Waals surface area contributed by atoms with Crippen molar-refractivity contribution >= 4 is 11.8 Å². The third-order valence-electron chi connectivity index (χ3n) is 4.03. The molecule has 2 amide bonds. The van der Waals surface area contributed by atoms with Crippen LogP contribution >= 0.6 is 0 Å². The molecule has 0 aromatic heterocycles. The molecule has 0 bridgehead atoms. The van der Waals surface area contributed by atoms with Crippen LogP contribution in [-0.2, 0) is 9.59 Å². The van der Waals surface area contributed by atoms with Crippen LogP contribution in [0, 0.1) is 23.7 Å². The summed E-state index contributed by atoms with van der Waals surface area (Å²) in [5.74, 6) is 2.05. The summed E-state index contributed by atoms with van der Waals surface area (Å²) in [7, 11) is 0. The predicted molar refractivity (Wildman–Crippen MR) is 76.5 cm³/mol. The molecular weight excluding hydrogens is 240 g/mol. The second-order valence-corrected chi connectivity index (χ2v) is 6.21. The molecule has 2 atom stereocenters. The fourth-order valence-electron chi connectivity index (χ4n) is 2.68. The van der Waals surface area contributed by atoms with E-state index in [9.17, 15) is 9.59 Å². The summed E-state index contributed by atoms with van der Waals surface area (Å²) < 4.78 is 0. The summed E-state index contributed by atoms with van der Waals surface area (Å²) in [5.41, 5.74) is 0. The van der Waals surface area contributed by atoms with Crippen LogP contribution < -0.4 is 10.6 Å². The summed E-state index contributed by atoms with van der Waals surface area (Å²) in [5, 5.41) is 5.69. The number of carbonyl (C=O) groups excluding carboxylic acids is 2. The van der Waals surface area contributed by atoms with Gasteiger partial charge in [-0.1, -0.05) is 27.7 Å². The van der Waals surface area contributed by atoms with Gasteiger partial charge in [-0.05, 0) is 31.1 Å². The number of rotatable bonds is 2. The van der Waals surface area contributed by atoms with Gasteiger partial charge in [0.25, 0.3) is 0 Å². The lowest BCUT2D eigenvalue weighted by molar-refractivity contribution is -0.128. The minimum absolute atomic E-state index is 0.241. The van der Waals surface area contributed by atoms with Gasteiger partial charge in [-0.2, -0.15) is 0 Å². The fraction of sp³-hybridized carbons (Fsp3) is 0.867. The normalized spacial score (nSPS) is 26.8. The van der Waals surface area contributed by atoms with Gasteiger partial charge in [-0.3, -0.25) is 9.59 Å². The molecule has 2 aliphatic heterocycles. The molecule has 0 saturated carbocycles. The number of hydrogen-bond donors (Lipinski definition) is 2. The average molecular weight is 268 g/mol. The van der Waals surface area contributed by atoms with Gasteiger partial charge in [0.2, 0.25) is 11.8 Å². The summed E-state index contributed by atoms with van der Waals surface area (Å²) in [6.45, 7) is 10.2. The van der Waals surface area contributed by atoms with Gasteiger partial charge in [0.1, 0.15) is 0 Å². The SMILES string of the molecule is CC(C)C1CCCNC1=O.CC(C)C1CCNC1=O. The van der Waals surface area contributed by atoms with Crippen molar-refractivity contribution in [2.45, 2.75) is 47.0 Å². The molecule has 110 valence electrons. The molecular formula is C15H28N2O2. The van der Waals surface area contributed by atoms with E-state index in [1.807, 2.05) is 0 Å². The smallest absolute Gasteiger partial charge is 0.223 e. The molecule has 2 unspecified atom stereocenters. The molecule has 0 spiro atoms. The van der Waals surface area contributed by atoms with Crippen molar-refractivity contribution in [2.75, 3.05) is 13.1 Å². The van der Waals surface area contributed by atoms with Gasteiger partial charge in [0.15, 0.2) is 0 Å². The topological polar surface area (TPSA) is 58.2 Å². The first-order valence-electron chi connectivity index (χ1n) is 7.49. The molecule has 2 N–H and O–H groups in total. The summed E-state index contributed by atoms with van der Waals surface area (Å²) in [6.07, 6.45) is 3.24. The highest BCUT2D eigenvalue weighted by atomic mass is 16.2. The van der Waals surface area contributed by atoms with E-state index in [0.29, 0.717) is 11.8 Å². The first kappa shape index (κ1) is 16.0. The molecule has 0 radical (unpaired) electrons. The maximum atomic E-state index is 11.1. The van der Waals surface area contributed by atoms with Gasteiger partial charge < -0.3 is 10.6 Å². The summed E-state index contributed by atoms with van der Waals surface area (Å²) in [6, 6.07) is 0. The Bertz CT molecular complexity index is 313. The van der Waals surface area contributed by atoms with Crippen molar-refractivity contribution in [3.8, 4) is 0 Å². The number of nitrogens with one attached hydrogen (secondary N) is 2. The van der Waals surface area contributed by atoms with Crippen LogP contribution in [-0.4, -0.2) is 24.9 Å². The highest BCUT2D eigenvalue weighted by Gasteiger charge is 2.26. The maximum Gasteiger partial charge on any atom is 0.223 e. The lowest BCUT2D eigenvalue weighted by Crippen LogP contribution is -2.38. The van der Waals surface area contributed by atoms with E-state index >= 15 is 0 Å². The largest absolute Gasteiger partial charge is 0.356 e. The Labute approximate surface area is 116 Å². The average Bonchev–Trinajstić information content (AvgIpc) is 2.76. The molecule has 0 aromatic carbocycles. The van der Waals surface area contributed by atoms with Crippen LogP contribution in [0.4, 0.5) is 0 Å². The van der Waals surface area contributed by atoms with Crippen LogP contribution in [0.3, 0.4) is 0 Å². The van der Waals surface area contributed by atoms with E-state index < -0.39 is 0 Å². The minimum Gasteiger partial charge on any atom is -0.356 e. The molecule has 2 heterocycles. The zero-order valence-electron chi connectivity index (χ0n) is 12.7. The quantitative estimate of drug-likeness (QED) is 0.804. The number of piperidine rings is 1. The first-order chi connectivity index (χ1) is 8.93. The summed E-state index contributed by atoms with van der Waals surface area (Å²) >= 11 is 0. The monoisotopic (exact) mass is 268 g/mol. The van der Waals surface area contributed by atoms with Crippen LogP contribution in [0.15, 0.2) is 0 Å². The van der Waals surface area contributed by atoms with E-state index in [2.05, 4.69) is 38.3 Å². The molecule has 2 saturated heterocycles. The van der Waals surface area contributed by atoms with Gasteiger partial charge in [0.05, 0.1) is 0 Å². The van der Waals surface area contributed by atoms with Crippen LogP contribution in [0.25, 0.3) is 0 Å². The molecule has 0 aliphatic carbocycles. The zero-order valence-corrected chi connectivity index (χ0v) is 12.7. The van der Waals surface area contributed by atoms with E-state index in [0.717, 1.165) is 32.4 Å². The zero-order chi connectivity index (χ0) is 14.4. The van der Waals surface area contributed by atoms with E-state index in [-0.39, 0.29) is 23.7 Å². The first-order valence-corrected chi connectivity index (χ1v) is 7.49. The highest BCUT2D eigenvalue weighted by Crippen LogP contribution is 2.19. The molecule has 2 aliphatic rings. The Balaban J connectivity index is 0.000000191. The van der Waals surface area contributed by atoms with E-state index in [1.54, 1.807) is 0 Å². The lowest BCUT2D eigenvalue weighted by atomic mass is 9.88. The lowest BCUT2D eigenvalue weighted by Gasteiger charge is -2.24. The fourth-order valence-corrected chi connectivity index (χ4v) is 2.68. The Morgan fingerprint density at radius 3 is 1.58 bits per heavy atom. The minimum atomic E-state index is 0.241. The Hall–Kier alpha value is -1.06. The van der Waals surface area contributed by atoms with Gasteiger partial charge >= 0.3 is 0 Å². The van der Waals surface area contributed by atoms with Gasteiger partial charge in [-0.25, -0.2) is 0 Å². The molecule has 4 heteroatoms. The van der Waals surface area contributed by atoms with Gasteiger partial charge in [0, 0.05) is 24.9 Å². The van der Waals surface area contributed by atoms with Crippen LogP contribution in [0.2, 0.25) is 0 Å². The second kappa shape index (κ2) is 7.51. The maximum absolute atomic E-state index is 11.1. The number of amides is 2. The Morgan fingerprint density at radius 2 is 1.32 bits per heavy atom. The summed E-state index contributed by atoms with van der Waals surface area (Å²) in [4.78, 5) is 22.0. The van der Waals surface area contributed by atoms with Crippen LogP contribution in [0.5, 0.6) is 0 Å². The Morgan fingerprint density at radius 1 is 0.842 bits per heavy atom. The van der Waals surface area contributed by atoms with E-state index in [4.69, 9.17) is 0 Å². The third kappa shape index (κ3) is 4.84.